The van der Waals surface area contributed by atoms with E-state index in [1.54, 1.807) is 18.2 Å². The smallest absolute Gasteiger partial charge is 0.350 e. The first-order valence-corrected chi connectivity index (χ1v) is 6.62. The van der Waals surface area contributed by atoms with Crippen LogP contribution in [0.15, 0.2) is 18.2 Å². The van der Waals surface area contributed by atoms with Crippen LogP contribution in [0.4, 0.5) is 14.5 Å². The summed E-state index contributed by atoms with van der Waals surface area (Å²) in [6, 6.07) is 4.47. The Kier molecular flexibility index (Phi) is 3.05. The van der Waals surface area contributed by atoms with Gasteiger partial charge in [0.1, 0.15) is 0 Å². The predicted molar refractivity (Wildman–Crippen MR) is 60.0 cm³/mol. The lowest BCUT2D eigenvalue weighted by atomic mass is 10.1. The van der Waals surface area contributed by atoms with Crippen LogP contribution in [0.25, 0.3) is 0 Å². The minimum Gasteiger partial charge on any atom is -0.399 e. The first-order chi connectivity index (χ1) is 7.90. The van der Waals surface area contributed by atoms with Gasteiger partial charge in [-0.3, -0.25) is 0 Å². The van der Waals surface area contributed by atoms with Crippen LogP contribution in [0.1, 0.15) is 23.6 Å². The standard InChI is InChI=1S/C10H12F2N2O2S/c11-10(12)17(15,16)14-9-4-1-6-5-7(13)2-3-8(6)9/h2-3,5,9-10,14H,1,4,13H2. The fraction of sp³-hybridized carbons (Fsp3) is 0.400. The summed E-state index contributed by atoms with van der Waals surface area (Å²) in [5.74, 6) is -3.40. The summed E-state index contributed by atoms with van der Waals surface area (Å²) < 4.78 is 48.6. The van der Waals surface area contributed by atoms with Crippen molar-refractivity contribution in [2.45, 2.75) is 24.6 Å². The Morgan fingerprint density at radius 1 is 1.41 bits per heavy atom. The van der Waals surface area contributed by atoms with E-state index in [2.05, 4.69) is 0 Å². The van der Waals surface area contributed by atoms with E-state index < -0.39 is 21.8 Å². The lowest BCUT2D eigenvalue weighted by Crippen LogP contribution is -2.32. The van der Waals surface area contributed by atoms with Gasteiger partial charge in [-0.25, -0.2) is 13.1 Å². The first kappa shape index (κ1) is 12.3. The average molecular weight is 262 g/mol. The molecular formula is C10H12F2N2O2S. The number of nitrogens with one attached hydrogen (secondary N) is 1. The Bertz CT molecular complexity index is 531. The SMILES string of the molecule is Nc1ccc2c(c1)CCC2NS(=O)(=O)C(F)F. The van der Waals surface area contributed by atoms with Gasteiger partial charge in [0.05, 0.1) is 0 Å². The molecule has 0 aliphatic heterocycles. The molecule has 0 heterocycles. The maximum atomic E-state index is 12.2. The summed E-state index contributed by atoms with van der Waals surface area (Å²) in [7, 11) is -4.55. The van der Waals surface area contributed by atoms with Gasteiger partial charge in [-0.05, 0) is 36.1 Å². The van der Waals surface area contributed by atoms with Gasteiger partial charge in [-0.2, -0.15) is 8.78 Å². The van der Waals surface area contributed by atoms with Gasteiger partial charge in [0.25, 0.3) is 10.0 Å². The third kappa shape index (κ3) is 2.39. The van der Waals surface area contributed by atoms with Crippen molar-refractivity contribution in [1.82, 2.24) is 4.72 Å². The Morgan fingerprint density at radius 3 is 2.76 bits per heavy atom. The van der Waals surface area contributed by atoms with Gasteiger partial charge in [0, 0.05) is 11.7 Å². The number of fused-ring (bicyclic) bond motifs is 1. The first-order valence-electron chi connectivity index (χ1n) is 5.08. The fourth-order valence-corrected chi connectivity index (χ4v) is 2.75. The van der Waals surface area contributed by atoms with Crippen molar-refractivity contribution in [1.29, 1.82) is 0 Å². The summed E-state index contributed by atoms with van der Waals surface area (Å²) in [5, 5.41) is 0. The average Bonchev–Trinajstić information content (AvgIpc) is 2.60. The summed E-state index contributed by atoms with van der Waals surface area (Å²) in [5.41, 5.74) is 7.81. The Balaban J connectivity index is 2.24. The molecule has 0 radical (unpaired) electrons. The van der Waals surface area contributed by atoms with Crippen molar-refractivity contribution in [2.75, 3.05) is 5.73 Å². The Labute approximate surface area is 97.9 Å². The van der Waals surface area contributed by atoms with E-state index in [9.17, 15) is 17.2 Å². The molecule has 1 aliphatic carbocycles. The molecule has 0 saturated carbocycles. The molecular weight excluding hydrogens is 250 g/mol. The van der Waals surface area contributed by atoms with E-state index in [-0.39, 0.29) is 0 Å². The van der Waals surface area contributed by atoms with Crippen LogP contribution in [-0.2, 0) is 16.4 Å². The quantitative estimate of drug-likeness (QED) is 0.809. The fourth-order valence-electron chi connectivity index (χ4n) is 2.01. The molecule has 0 saturated heterocycles. The maximum Gasteiger partial charge on any atom is 0.350 e. The van der Waals surface area contributed by atoms with Gasteiger partial charge in [-0.1, -0.05) is 6.07 Å². The largest absolute Gasteiger partial charge is 0.399 e. The molecule has 1 atom stereocenters. The van der Waals surface area contributed by atoms with Crippen molar-refractivity contribution in [2.24, 2.45) is 0 Å². The van der Waals surface area contributed by atoms with E-state index in [1.807, 2.05) is 4.72 Å². The highest BCUT2D eigenvalue weighted by Gasteiger charge is 2.31. The van der Waals surface area contributed by atoms with Crippen molar-refractivity contribution in [3.63, 3.8) is 0 Å². The zero-order chi connectivity index (χ0) is 12.6. The number of sulfonamides is 1. The number of aryl methyl sites for hydroxylation is 1. The molecule has 2 rings (SSSR count). The summed E-state index contributed by atoms with van der Waals surface area (Å²) in [6.07, 6.45) is 1.11. The highest BCUT2D eigenvalue weighted by atomic mass is 32.2. The molecule has 0 amide bonds. The third-order valence-electron chi connectivity index (χ3n) is 2.79. The lowest BCUT2D eigenvalue weighted by Gasteiger charge is -2.13. The van der Waals surface area contributed by atoms with Gasteiger partial charge >= 0.3 is 5.76 Å². The zero-order valence-electron chi connectivity index (χ0n) is 8.86. The van der Waals surface area contributed by atoms with E-state index in [4.69, 9.17) is 5.73 Å². The molecule has 1 aromatic rings. The second kappa shape index (κ2) is 4.23. The number of hydrogen-bond donors (Lipinski definition) is 2. The van der Waals surface area contributed by atoms with Crippen molar-refractivity contribution >= 4 is 15.7 Å². The number of hydrogen-bond acceptors (Lipinski definition) is 3. The number of nitrogen functional groups attached to an aromatic ring is 1. The second-order valence-corrected chi connectivity index (χ2v) is 5.66. The molecule has 0 spiro atoms. The molecule has 0 fully saturated rings. The molecule has 94 valence electrons. The van der Waals surface area contributed by atoms with Crippen LogP contribution < -0.4 is 10.5 Å². The molecule has 7 heteroatoms. The van der Waals surface area contributed by atoms with E-state index in [0.717, 1.165) is 11.1 Å². The number of anilines is 1. The third-order valence-corrected chi connectivity index (χ3v) is 3.87. The van der Waals surface area contributed by atoms with Crippen LogP contribution in [0.3, 0.4) is 0 Å². The van der Waals surface area contributed by atoms with Gasteiger partial charge < -0.3 is 5.73 Å². The predicted octanol–water partition coefficient (Wildman–Crippen LogP) is 1.40. The minimum atomic E-state index is -4.55. The Morgan fingerprint density at radius 2 is 2.12 bits per heavy atom. The number of nitrogens with two attached hydrogens (primary N) is 1. The lowest BCUT2D eigenvalue weighted by molar-refractivity contribution is 0.231. The number of rotatable bonds is 3. The maximum absolute atomic E-state index is 12.2. The van der Waals surface area contributed by atoms with Gasteiger partial charge in [0.15, 0.2) is 0 Å². The van der Waals surface area contributed by atoms with E-state index in [1.165, 1.54) is 0 Å². The molecule has 17 heavy (non-hydrogen) atoms. The monoisotopic (exact) mass is 262 g/mol. The molecule has 4 nitrogen and oxygen atoms in total. The zero-order valence-corrected chi connectivity index (χ0v) is 9.68. The summed E-state index contributed by atoms with van der Waals surface area (Å²) in [6.45, 7) is 0. The molecule has 3 N–H and O–H groups in total. The molecule has 1 aliphatic rings. The Hall–Kier alpha value is -1.21. The normalized spacial score (nSPS) is 19.6. The molecule has 0 bridgehead atoms. The highest BCUT2D eigenvalue weighted by molar-refractivity contribution is 7.89. The van der Waals surface area contributed by atoms with E-state index in [0.29, 0.717) is 18.5 Å². The highest BCUT2D eigenvalue weighted by Crippen LogP contribution is 2.33. The van der Waals surface area contributed by atoms with Gasteiger partial charge in [0.2, 0.25) is 0 Å². The van der Waals surface area contributed by atoms with Crippen LogP contribution in [-0.4, -0.2) is 14.2 Å². The van der Waals surface area contributed by atoms with Crippen molar-refractivity contribution in [3.8, 4) is 0 Å². The van der Waals surface area contributed by atoms with Crippen LogP contribution in [0, 0.1) is 0 Å². The summed E-state index contributed by atoms with van der Waals surface area (Å²) in [4.78, 5) is 0. The molecule has 0 aromatic heterocycles. The summed E-state index contributed by atoms with van der Waals surface area (Å²) >= 11 is 0. The molecule has 1 aromatic carbocycles. The minimum absolute atomic E-state index is 0.477. The second-order valence-electron chi connectivity index (χ2n) is 3.97. The number of benzene rings is 1. The molecule has 1 unspecified atom stereocenters. The van der Waals surface area contributed by atoms with Crippen molar-refractivity contribution < 1.29 is 17.2 Å². The van der Waals surface area contributed by atoms with Crippen LogP contribution in [0.2, 0.25) is 0 Å². The van der Waals surface area contributed by atoms with Crippen molar-refractivity contribution in [3.05, 3.63) is 29.3 Å². The number of halogens is 2. The topological polar surface area (TPSA) is 72.2 Å². The van der Waals surface area contributed by atoms with Crippen LogP contribution >= 0.6 is 0 Å². The van der Waals surface area contributed by atoms with Crippen LogP contribution in [0.5, 0.6) is 0 Å². The van der Waals surface area contributed by atoms with E-state index >= 15 is 0 Å². The number of alkyl halides is 2. The van der Waals surface area contributed by atoms with Gasteiger partial charge in [-0.15, -0.1) is 0 Å².